The van der Waals surface area contributed by atoms with Crippen molar-refractivity contribution in [2.45, 2.75) is 19.4 Å². The molecule has 0 spiro atoms. The molecule has 0 aliphatic heterocycles. The summed E-state index contributed by atoms with van der Waals surface area (Å²) < 4.78 is 16.5. The molecule has 0 heterocycles. The van der Waals surface area contributed by atoms with Crippen LogP contribution in [0.1, 0.15) is 13.3 Å². The van der Waals surface area contributed by atoms with Crippen molar-refractivity contribution in [3.63, 3.8) is 0 Å². The molecule has 134 valence electrons. The summed E-state index contributed by atoms with van der Waals surface area (Å²) >= 11 is 5.93. The number of para-hydroxylation sites is 2. The molecular weight excluding hydrogens is 342 g/mol. The quantitative estimate of drug-likeness (QED) is 0.690. The van der Waals surface area contributed by atoms with Crippen molar-refractivity contribution in [3.05, 3.63) is 53.6 Å². The van der Waals surface area contributed by atoms with Crippen LogP contribution in [0, 0.1) is 0 Å². The van der Waals surface area contributed by atoms with E-state index in [1.165, 1.54) is 0 Å². The van der Waals surface area contributed by atoms with Crippen LogP contribution in [-0.4, -0.2) is 32.3 Å². The number of hydrogen-bond donors (Lipinski definition) is 1. The van der Waals surface area contributed by atoms with Crippen LogP contribution in [0.5, 0.6) is 17.2 Å². The highest BCUT2D eigenvalue weighted by Crippen LogP contribution is 2.25. The Morgan fingerprint density at radius 3 is 2.60 bits per heavy atom. The lowest BCUT2D eigenvalue weighted by molar-refractivity contribution is -0.128. The molecule has 0 saturated carbocycles. The third kappa shape index (κ3) is 5.87. The van der Waals surface area contributed by atoms with Gasteiger partial charge in [0.1, 0.15) is 12.4 Å². The van der Waals surface area contributed by atoms with E-state index in [4.69, 9.17) is 25.8 Å². The first-order valence-corrected chi connectivity index (χ1v) is 8.47. The Morgan fingerprint density at radius 2 is 1.92 bits per heavy atom. The van der Waals surface area contributed by atoms with Gasteiger partial charge in [-0.1, -0.05) is 36.7 Å². The first-order chi connectivity index (χ1) is 12.1. The molecule has 0 unspecified atom stereocenters. The molecular formula is C19H22ClNO4. The SMILES string of the molecule is CC[C@H](Oc1cccc(Cl)c1)C(=O)NCCOc1ccccc1OC. The summed E-state index contributed by atoms with van der Waals surface area (Å²) in [6.07, 6.45) is -0.0316. The zero-order valence-corrected chi connectivity index (χ0v) is 15.1. The normalized spacial score (nSPS) is 11.5. The number of hydrogen-bond acceptors (Lipinski definition) is 4. The maximum Gasteiger partial charge on any atom is 0.261 e. The van der Waals surface area contributed by atoms with E-state index in [0.29, 0.717) is 41.8 Å². The fourth-order valence-electron chi connectivity index (χ4n) is 2.21. The molecule has 1 amide bonds. The van der Waals surface area contributed by atoms with E-state index in [1.54, 1.807) is 31.4 Å². The van der Waals surface area contributed by atoms with Crippen molar-refractivity contribution in [3.8, 4) is 17.2 Å². The van der Waals surface area contributed by atoms with Crippen LogP contribution in [0.3, 0.4) is 0 Å². The van der Waals surface area contributed by atoms with Crippen molar-refractivity contribution < 1.29 is 19.0 Å². The summed E-state index contributed by atoms with van der Waals surface area (Å²) in [5, 5.41) is 3.38. The third-order valence-electron chi connectivity index (χ3n) is 3.47. The minimum absolute atomic E-state index is 0.189. The summed E-state index contributed by atoms with van der Waals surface area (Å²) in [5.74, 6) is 1.68. The Kier molecular flexibility index (Phi) is 7.41. The number of ether oxygens (including phenoxy) is 3. The lowest BCUT2D eigenvalue weighted by Gasteiger charge is -2.17. The molecule has 2 aromatic rings. The number of amides is 1. The second-order valence-corrected chi connectivity index (χ2v) is 5.70. The van der Waals surface area contributed by atoms with Gasteiger partial charge in [-0.05, 0) is 36.8 Å². The van der Waals surface area contributed by atoms with Crippen LogP contribution in [0.25, 0.3) is 0 Å². The van der Waals surface area contributed by atoms with E-state index in [-0.39, 0.29) is 5.91 Å². The van der Waals surface area contributed by atoms with Gasteiger partial charge in [-0.3, -0.25) is 4.79 Å². The van der Waals surface area contributed by atoms with Gasteiger partial charge in [-0.2, -0.15) is 0 Å². The topological polar surface area (TPSA) is 56.8 Å². The number of methoxy groups -OCH3 is 1. The molecule has 1 N–H and O–H groups in total. The van der Waals surface area contributed by atoms with Gasteiger partial charge in [-0.15, -0.1) is 0 Å². The van der Waals surface area contributed by atoms with Gasteiger partial charge in [0.05, 0.1) is 13.7 Å². The monoisotopic (exact) mass is 363 g/mol. The standard InChI is InChI=1S/C19H22ClNO4/c1-3-16(25-15-8-6-7-14(20)13-15)19(22)21-11-12-24-18-10-5-4-9-17(18)23-2/h4-10,13,16H,3,11-12H2,1-2H3,(H,21,22)/t16-/m0/s1. The molecule has 0 fully saturated rings. The van der Waals surface area contributed by atoms with E-state index in [0.717, 1.165) is 0 Å². The Hall–Kier alpha value is -2.40. The molecule has 2 aromatic carbocycles. The van der Waals surface area contributed by atoms with Crippen LogP contribution < -0.4 is 19.5 Å². The lowest BCUT2D eigenvalue weighted by Crippen LogP contribution is -2.39. The van der Waals surface area contributed by atoms with Gasteiger partial charge in [0.15, 0.2) is 17.6 Å². The molecule has 1 atom stereocenters. The maximum absolute atomic E-state index is 12.2. The Labute approximate surface area is 152 Å². The smallest absolute Gasteiger partial charge is 0.261 e. The summed E-state index contributed by atoms with van der Waals surface area (Å²) in [6.45, 7) is 2.59. The Morgan fingerprint density at radius 1 is 1.16 bits per heavy atom. The van der Waals surface area contributed by atoms with Crippen LogP contribution >= 0.6 is 11.6 Å². The van der Waals surface area contributed by atoms with E-state index in [9.17, 15) is 4.79 Å². The molecule has 0 radical (unpaired) electrons. The average molecular weight is 364 g/mol. The highest BCUT2D eigenvalue weighted by Gasteiger charge is 2.18. The highest BCUT2D eigenvalue weighted by atomic mass is 35.5. The fourth-order valence-corrected chi connectivity index (χ4v) is 2.39. The first-order valence-electron chi connectivity index (χ1n) is 8.09. The summed E-state index contributed by atoms with van der Waals surface area (Å²) in [6, 6.07) is 14.4. The average Bonchev–Trinajstić information content (AvgIpc) is 2.63. The zero-order valence-electron chi connectivity index (χ0n) is 14.3. The van der Waals surface area contributed by atoms with Crippen molar-refractivity contribution >= 4 is 17.5 Å². The second kappa shape index (κ2) is 9.79. The number of benzene rings is 2. The van der Waals surface area contributed by atoms with E-state index in [1.807, 2.05) is 31.2 Å². The van der Waals surface area contributed by atoms with Crippen molar-refractivity contribution in [2.24, 2.45) is 0 Å². The van der Waals surface area contributed by atoms with Crippen molar-refractivity contribution in [2.75, 3.05) is 20.3 Å². The Balaban J connectivity index is 1.80. The van der Waals surface area contributed by atoms with E-state index < -0.39 is 6.10 Å². The van der Waals surface area contributed by atoms with E-state index >= 15 is 0 Å². The van der Waals surface area contributed by atoms with Crippen LogP contribution in [-0.2, 0) is 4.79 Å². The zero-order chi connectivity index (χ0) is 18.1. The molecule has 6 heteroatoms. The highest BCUT2D eigenvalue weighted by molar-refractivity contribution is 6.30. The lowest BCUT2D eigenvalue weighted by atomic mass is 10.2. The van der Waals surface area contributed by atoms with Crippen molar-refractivity contribution in [1.82, 2.24) is 5.32 Å². The first kappa shape index (κ1) is 18.9. The van der Waals surface area contributed by atoms with Gasteiger partial charge in [-0.25, -0.2) is 0 Å². The molecule has 2 rings (SSSR count). The third-order valence-corrected chi connectivity index (χ3v) is 3.70. The van der Waals surface area contributed by atoms with Gasteiger partial charge < -0.3 is 19.5 Å². The molecule has 25 heavy (non-hydrogen) atoms. The molecule has 0 aliphatic rings. The largest absolute Gasteiger partial charge is 0.493 e. The molecule has 0 aliphatic carbocycles. The predicted octanol–water partition coefficient (Wildman–Crippen LogP) is 3.70. The fraction of sp³-hybridized carbons (Fsp3) is 0.316. The Bertz CT molecular complexity index is 693. The number of rotatable bonds is 9. The molecule has 0 saturated heterocycles. The van der Waals surface area contributed by atoms with Gasteiger partial charge in [0, 0.05) is 5.02 Å². The second-order valence-electron chi connectivity index (χ2n) is 5.26. The predicted molar refractivity (Wildman–Crippen MR) is 97.7 cm³/mol. The molecule has 0 bridgehead atoms. The van der Waals surface area contributed by atoms with Crippen LogP contribution in [0.4, 0.5) is 0 Å². The van der Waals surface area contributed by atoms with Gasteiger partial charge in [0.25, 0.3) is 5.91 Å². The molecule has 0 aromatic heterocycles. The summed E-state index contributed by atoms with van der Waals surface area (Å²) in [4.78, 5) is 12.2. The number of nitrogens with one attached hydrogen (secondary N) is 1. The number of halogens is 1. The maximum atomic E-state index is 12.2. The minimum Gasteiger partial charge on any atom is -0.493 e. The number of carbonyl (C=O) groups excluding carboxylic acids is 1. The molecule has 5 nitrogen and oxygen atoms in total. The summed E-state index contributed by atoms with van der Waals surface area (Å²) in [7, 11) is 1.59. The van der Waals surface area contributed by atoms with E-state index in [2.05, 4.69) is 5.32 Å². The van der Waals surface area contributed by atoms with Crippen molar-refractivity contribution in [1.29, 1.82) is 0 Å². The van der Waals surface area contributed by atoms with Gasteiger partial charge >= 0.3 is 0 Å². The summed E-state index contributed by atoms with van der Waals surface area (Å²) in [5.41, 5.74) is 0. The minimum atomic E-state index is -0.579. The number of carbonyl (C=O) groups is 1. The van der Waals surface area contributed by atoms with Gasteiger partial charge in [0.2, 0.25) is 0 Å². The van der Waals surface area contributed by atoms with Crippen LogP contribution in [0.2, 0.25) is 5.02 Å². The van der Waals surface area contributed by atoms with Crippen LogP contribution in [0.15, 0.2) is 48.5 Å².